The van der Waals surface area contributed by atoms with Gasteiger partial charge in [-0.1, -0.05) is 29.8 Å². The van der Waals surface area contributed by atoms with Gasteiger partial charge in [0.2, 0.25) is 0 Å². The Morgan fingerprint density at radius 3 is 2.27 bits per heavy atom. The lowest BCUT2D eigenvalue weighted by atomic mass is 10.2. The predicted octanol–water partition coefficient (Wildman–Crippen LogP) is 4.97. The van der Waals surface area contributed by atoms with Crippen molar-refractivity contribution in [2.75, 3.05) is 0 Å². The van der Waals surface area contributed by atoms with E-state index in [0.717, 1.165) is 3.57 Å². The van der Waals surface area contributed by atoms with Crippen LogP contribution >= 0.6 is 34.2 Å². The molecule has 0 heterocycles. The van der Waals surface area contributed by atoms with Crippen LogP contribution in [-0.2, 0) is 4.79 Å². The van der Waals surface area contributed by atoms with E-state index in [0.29, 0.717) is 27.8 Å². The first-order valence-electron chi connectivity index (χ1n) is 8.97. The Morgan fingerprint density at radius 2 is 1.60 bits per heavy atom. The minimum absolute atomic E-state index is 0.410. The second-order valence-corrected chi connectivity index (χ2v) is 7.87. The molecule has 2 N–H and O–H groups in total. The van der Waals surface area contributed by atoms with Crippen molar-refractivity contribution in [3.8, 4) is 17.2 Å². The van der Waals surface area contributed by atoms with E-state index in [9.17, 15) is 9.59 Å². The van der Waals surface area contributed by atoms with Crippen molar-refractivity contribution in [3.63, 3.8) is 0 Å². The third kappa shape index (κ3) is 6.11. The summed E-state index contributed by atoms with van der Waals surface area (Å²) >= 11 is 8.35. The van der Waals surface area contributed by atoms with Crippen LogP contribution in [0.2, 0.25) is 5.02 Å². The molecule has 0 spiro atoms. The van der Waals surface area contributed by atoms with Crippen molar-refractivity contribution in [1.29, 1.82) is 0 Å². The third-order valence-corrected chi connectivity index (χ3v) is 4.93. The van der Waals surface area contributed by atoms with Crippen molar-refractivity contribution in [3.05, 3.63) is 87.0 Å². The van der Waals surface area contributed by atoms with E-state index in [-0.39, 0.29) is 0 Å². The lowest BCUT2D eigenvalue weighted by Crippen LogP contribution is -2.47. The maximum Gasteiger partial charge on any atom is 0.279 e. The largest absolute Gasteiger partial charge is 0.481 e. The van der Waals surface area contributed by atoms with Crippen molar-refractivity contribution in [2.45, 2.75) is 13.0 Å². The van der Waals surface area contributed by atoms with E-state index in [4.69, 9.17) is 21.1 Å². The fourth-order valence-electron chi connectivity index (χ4n) is 2.41. The first kappa shape index (κ1) is 21.9. The number of benzene rings is 3. The lowest BCUT2D eigenvalue weighted by molar-refractivity contribution is -0.128. The number of rotatable bonds is 6. The molecular weight excluding hydrogens is 519 g/mol. The maximum atomic E-state index is 12.2. The highest BCUT2D eigenvalue weighted by Gasteiger charge is 2.16. The Labute approximate surface area is 192 Å². The first-order chi connectivity index (χ1) is 14.4. The van der Waals surface area contributed by atoms with Crippen molar-refractivity contribution >= 4 is 46.0 Å². The van der Waals surface area contributed by atoms with Crippen LogP contribution in [0, 0.1) is 3.57 Å². The Bertz CT molecular complexity index is 1030. The Balaban J connectivity index is 1.51. The average molecular weight is 537 g/mol. The number of carbonyl (C=O) groups excluding carboxylic acids is 2. The standard InChI is InChI=1S/C22H18ClIN2O4/c1-14(21(27)25-26-22(28)15-5-3-2-4-6-15)29-17-8-10-18(11-9-17)30-20-12-7-16(24)13-19(20)23/h2-14H,1H3,(H,25,27)(H,26,28)/t14-/m1/s1. The summed E-state index contributed by atoms with van der Waals surface area (Å²) in [5.74, 6) is 0.718. The summed E-state index contributed by atoms with van der Waals surface area (Å²) in [4.78, 5) is 24.1. The summed E-state index contributed by atoms with van der Waals surface area (Å²) in [6.07, 6.45) is -0.821. The Hall–Kier alpha value is -2.78. The van der Waals surface area contributed by atoms with Gasteiger partial charge in [0, 0.05) is 9.13 Å². The fraction of sp³-hybridized carbons (Fsp3) is 0.0909. The second kappa shape index (κ2) is 10.3. The number of hydrogen-bond donors (Lipinski definition) is 2. The zero-order valence-electron chi connectivity index (χ0n) is 15.9. The van der Waals surface area contributed by atoms with Gasteiger partial charge >= 0.3 is 0 Å². The number of nitrogens with one attached hydrogen (secondary N) is 2. The summed E-state index contributed by atoms with van der Waals surface area (Å²) in [5.41, 5.74) is 5.15. The van der Waals surface area contributed by atoms with E-state index in [1.807, 2.05) is 12.1 Å². The molecule has 0 saturated heterocycles. The van der Waals surface area contributed by atoms with E-state index < -0.39 is 17.9 Å². The zero-order chi connectivity index (χ0) is 21.5. The monoisotopic (exact) mass is 536 g/mol. The highest BCUT2D eigenvalue weighted by Crippen LogP contribution is 2.31. The van der Waals surface area contributed by atoms with E-state index in [1.165, 1.54) is 0 Å². The molecular formula is C22H18ClIN2O4. The van der Waals surface area contributed by atoms with Crippen LogP contribution in [0.15, 0.2) is 72.8 Å². The molecule has 2 amide bonds. The fourth-order valence-corrected chi connectivity index (χ4v) is 3.30. The molecule has 3 rings (SSSR count). The SMILES string of the molecule is C[C@@H](Oc1ccc(Oc2ccc(I)cc2Cl)cc1)C(=O)NNC(=O)c1ccccc1. The Kier molecular flexibility index (Phi) is 7.53. The molecule has 8 heteroatoms. The summed E-state index contributed by atoms with van der Waals surface area (Å²) in [6.45, 7) is 1.58. The normalized spacial score (nSPS) is 11.3. The quantitative estimate of drug-likeness (QED) is 0.345. The molecule has 154 valence electrons. The highest BCUT2D eigenvalue weighted by molar-refractivity contribution is 14.1. The van der Waals surface area contributed by atoms with Gasteiger partial charge < -0.3 is 9.47 Å². The summed E-state index contributed by atoms with van der Waals surface area (Å²) in [6, 6.07) is 20.9. The van der Waals surface area contributed by atoms with Gasteiger partial charge in [-0.2, -0.15) is 0 Å². The number of halogens is 2. The van der Waals surface area contributed by atoms with Crippen molar-refractivity contribution < 1.29 is 19.1 Å². The number of hydrogen-bond acceptors (Lipinski definition) is 4. The highest BCUT2D eigenvalue weighted by atomic mass is 127. The zero-order valence-corrected chi connectivity index (χ0v) is 18.8. The molecule has 0 aliphatic heterocycles. The summed E-state index contributed by atoms with van der Waals surface area (Å²) in [5, 5.41) is 0.519. The van der Waals surface area contributed by atoms with Crippen LogP contribution in [0.5, 0.6) is 17.2 Å². The molecule has 0 bridgehead atoms. The molecule has 0 radical (unpaired) electrons. The minimum atomic E-state index is -0.821. The molecule has 0 fully saturated rings. The molecule has 0 aliphatic carbocycles. The minimum Gasteiger partial charge on any atom is -0.481 e. The van der Waals surface area contributed by atoms with Gasteiger partial charge in [0.25, 0.3) is 11.8 Å². The molecule has 3 aromatic carbocycles. The Morgan fingerprint density at radius 1 is 0.933 bits per heavy atom. The van der Waals surface area contributed by atoms with E-state index in [2.05, 4.69) is 33.4 Å². The van der Waals surface area contributed by atoms with Gasteiger partial charge in [-0.25, -0.2) is 0 Å². The van der Waals surface area contributed by atoms with E-state index in [1.54, 1.807) is 67.6 Å². The van der Waals surface area contributed by atoms with Crippen LogP contribution < -0.4 is 20.3 Å². The van der Waals surface area contributed by atoms with Gasteiger partial charge in [0.1, 0.15) is 17.2 Å². The van der Waals surface area contributed by atoms with Gasteiger partial charge in [-0.3, -0.25) is 20.4 Å². The molecule has 0 aromatic heterocycles. The van der Waals surface area contributed by atoms with Gasteiger partial charge in [0.15, 0.2) is 6.10 Å². The number of carbonyl (C=O) groups is 2. The summed E-state index contributed by atoms with van der Waals surface area (Å²) in [7, 11) is 0. The van der Waals surface area contributed by atoms with Crippen molar-refractivity contribution in [1.82, 2.24) is 10.9 Å². The lowest BCUT2D eigenvalue weighted by Gasteiger charge is -2.15. The maximum absolute atomic E-state index is 12.2. The summed E-state index contributed by atoms with van der Waals surface area (Å²) < 4.78 is 12.4. The molecule has 30 heavy (non-hydrogen) atoms. The van der Waals surface area contributed by atoms with Crippen LogP contribution in [-0.4, -0.2) is 17.9 Å². The molecule has 3 aromatic rings. The predicted molar refractivity (Wildman–Crippen MR) is 123 cm³/mol. The second-order valence-electron chi connectivity index (χ2n) is 6.22. The average Bonchev–Trinajstić information content (AvgIpc) is 2.75. The van der Waals surface area contributed by atoms with E-state index >= 15 is 0 Å². The van der Waals surface area contributed by atoms with Gasteiger partial charge in [-0.05, 0) is 84.1 Å². The van der Waals surface area contributed by atoms with Crippen LogP contribution in [0.4, 0.5) is 0 Å². The van der Waals surface area contributed by atoms with Gasteiger partial charge in [-0.15, -0.1) is 0 Å². The molecule has 0 saturated carbocycles. The molecule has 0 aliphatic rings. The van der Waals surface area contributed by atoms with Crippen molar-refractivity contribution in [2.24, 2.45) is 0 Å². The van der Waals surface area contributed by atoms with Gasteiger partial charge in [0.05, 0.1) is 5.02 Å². The molecule has 1 atom stereocenters. The molecule has 6 nitrogen and oxygen atoms in total. The smallest absolute Gasteiger partial charge is 0.279 e. The van der Waals surface area contributed by atoms with Crippen LogP contribution in [0.25, 0.3) is 0 Å². The number of hydrazine groups is 1. The molecule has 0 unspecified atom stereocenters. The number of amides is 2. The number of ether oxygens (including phenoxy) is 2. The van der Waals surface area contributed by atoms with Crippen LogP contribution in [0.1, 0.15) is 17.3 Å². The topological polar surface area (TPSA) is 76.7 Å². The first-order valence-corrected chi connectivity index (χ1v) is 10.4. The van der Waals surface area contributed by atoms with Crippen LogP contribution in [0.3, 0.4) is 0 Å². The third-order valence-electron chi connectivity index (χ3n) is 3.96.